The van der Waals surface area contributed by atoms with Crippen molar-refractivity contribution >= 4 is 42.4 Å². The number of rotatable bonds is 8. The molecule has 1 N–H and O–H groups in total. The Bertz CT molecular complexity index is 1220. The first-order chi connectivity index (χ1) is 15.9. The predicted molar refractivity (Wildman–Crippen MR) is 131 cm³/mol. The van der Waals surface area contributed by atoms with Crippen LogP contribution in [0.4, 0.5) is 5.13 Å². The van der Waals surface area contributed by atoms with Gasteiger partial charge in [0.15, 0.2) is 15.0 Å². The molecule has 0 aliphatic carbocycles. The Morgan fingerprint density at radius 1 is 1.12 bits per heavy atom. The van der Waals surface area contributed by atoms with Gasteiger partial charge in [-0.2, -0.15) is 0 Å². The van der Waals surface area contributed by atoms with Crippen LogP contribution in [0.3, 0.4) is 0 Å². The minimum atomic E-state index is -3.62. The maximum Gasteiger partial charge on any atom is 0.235 e. The van der Waals surface area contributed by atoms with Gasteiger partial charge in [-0.15, -0.1) is 0 Å². The fourth-order valence-electron chi connectivity index (χ4n) is 3.85. The molecule has 2 aromatic carbocycles. The van der Waals surface area contributed by atoms with Gasteiger partial charge in [0.2, 0.25) is 5.91 Å². The molecule has 33 heavy (non-hydrogen) atoms. The number of aryl methyl sites for hydroxylation is 1. The lowest BCUT2D eigenvalue weighted by Gasteiger charge is -2.34. The van der Waals surface area contributed by atoms with Crippen molar-refractivity contribution in [1.29, 1.82) is 0 Å². The van der Waals surface area contributed by atoms with Crippen molar-refractivity contribution in [2.45, 2.75) is 11.8 Å². The summed E-state index contributed by atoms with van der Waals surface area (Å²) in [7, 11) is -1.95. The Balaban J connectivity index is 1.25. The number of nitrogens with one attached hydrogen (secondary N) is 1. The number of methoxy groups -OCH3 is 1. The molecule has 0 bridgehead atoms. The van der Waals surface area contributed by atoms with Crippen LogP contribution in [-0.2, 0) is 14.6 Å². The van der Waals surface area contributed by atoms with E-state index in [1.807, 2.05) is 6.07 Å². The summed E-state index contributed by atoms with van der Waals surface area (Å²) in [6.07, 6.45) is 0. The molecule has 0 radical (unpaired) electrons. The van der Waals surface area contributed by atoms with Crippen molar-refractivity contribution in [3.05, 3.63) is 48.0 Å². The van der Waals surface area contributed by atoms with Gasteiger partial charge in [0.1, 0.15) is 17.0 Å². The Kier molecular flexibility index (Phi) is 7.16. The van der Waals surface area contributed by atoms with Gasteiger partial charge >= 0.3 is 0 Å². The summed E-state index contributed by atoms with van der Waals surface area (Å²) in [5, 5.41) is 3.73. The van der Waals surface area contributed by atoms with Crippen molar-refractivity contribution in [3.63, 3.8) is 0 Å². The molecule has 2 heterocycles. The molecule has 1 amide bonds. The van der Waals surface area contributed by atoms with Crippen LogP contribution in [0.15, 0.2) is 47.4 Å². The Morgan fingerprint density at radius 2 is 1.85 bits per heavy atom. The maximum absolute atomic E-state index is 12.3. The molecule has 1 aliphatic heterocycles. The molecule has 3 aromatic rings. The minimum absolute atomic E-state index is 0.166. The third-order valence-electron chi connectivity index (χ3n) is 5.73. The summed E-state index contributed by atoms with van der Waals surface area (Å²) in [6.45, 7) is 6.57. The number of hydrogen-bond donors (Lipinski definition) is 1. The molecule has 4 rings (SSSR count). The van der Waals surface area contributed by atoms with E-state index in [0.29, 0.717) is 13.1 Å². The number of fused-ring (bicyclic) bond motifs is 1. The number of sulfone groups is 1. The molecule has 1 saturated heterocycles. The molecule has 1 aliphatic rings. The van der Waals surface area contributed by atoms with Gasteiger partial charge in [0.05, 0.1) is 16.7 Å². The fraction of sp³-hybridized carbons (Fsp3) is 0.391. The highest BCUT2D eigenvalue weighted by molar-refractivity contribution is 7.92. The average molecular weight is 489 g/mol. The first kappa shape index (κ1) is 23.5. The zero-order chi connectivity index (χ0) is 23.4. The number of thiazole rings is 1. The SMILES string of the molecule is COc1ccc(C)c2sc(N3CCN(CCNC(=O)CS(=O)(=O)c4ccccc4)CC3)nc12. The summed E-state index contributed by atoms with van der Waals surface area (Å²) in [6, 6.07) is 12.1. The summed E-state index contributed by atoms with van der Waals surface area (Å²) in [4.78, 5) is 21.7. The lowest BCUT2D eigenvalue weighted by atomic mass is 10.2. The standard InChI is InChI=1S/C23H28N4O4S2/c1-17-8-9-19(31-2)21-22(17)32-23(25-21)27-14-12-26(13-15-27)11-10-24-20(28)16-33(29,30)18-6-4-3-5-7-18/h3-9H,10-16H2,1-2H3,(H,24,28). The normalized spacial score (nSPS) is 15.0. The van der Waals surface area contributed by atoms with Crippen LogP contribution in [0, 0.1) is 6.92 Å². The van der Waals surface area contributed by atoms with Crippen molar-refractivity contribution in [3.8, 4) is 5.75 Å². The van der Waals surface area contributed by atoms with E-state index < -0.39 is 21.5 Å². The molecular formula is C23H28N4O4S2. The molecule has 1 aromatic heterocycles. The molecule has 0 saturated carbocycles. The number of amides is 1. The molecule has 0 atom stereocenters. The van der Waals surface area contributed by atoms with Crippen LogP contribution in [0.5, 0.6) is 5.75 Å². The first-order valence-corrected chi connectivity index (χ1v) is 13.3. The Morgan fingerprint density at radius 3 is 2.55 bits per heavy atom. The summed E-state index contributed by atoms with van der Waals surface area (Å²) >= 11 is 1.69. The van der Waals surface area contributed by atoms with Gasteiger partial charge in [0, 0.05) is 39.3 Å². The molecule has 0 spiro atoms. The first-order valence-electron chi connectivity index (χ1n) is 10.8. The third kappa shape index (κ3) is 5.45. The van der Waals surface area contributed by atoms with Gasteiger partial charge in [-0.05, 0) is 30.7 Å². The van der Waals surface area contributed by atoms with Gasteiger partial charge in [-0.1, -0.05) is 35.6 Å². The highest BCUT2D eigenvalue weighted by Crippen LogP contribution is 2.36. The van der Waals surface area contributed by atoms with Crippen LogP contribution in [0.1, 0.15) is 5.56 Å². The van der Waals surface area contributed by atoms with E-state index in [-0.39, 0.29) is 4.90 Å². The van der Waals surface area contributed by atoms with E-state index >= 15 is 0 Å². The summed E-state index contributed by atoms with van der Waals surface area (Å²) in [5.74, 6) is -0.219. The quantitative estimate of drug-likeness (QED) is 0.520. The number of ether oxygens (including phenoxy) is 1. The molecule has 8 nitrogen and oxygen atoms in total. The lowest BCUT2D eigenvalue weighted by Crippen LogP contribution is -2.48. The second kappa shape index (κ2) is 10.1. The number of anilines is 1. The molecule has 0 unspecified atom stereocenters. The van der Waals surface area contributed by atoms with E-state index in [4.69, 9.17) is 9.72 Å². The van der Waals surface area contributed by atoms with Crippen molar-refractivity contribution in [1.82, 2.24) is 15.2 Å². The summed E-state index contributed by atoms with van der Waals surface area (Å²) < 4.78 is 31.2. The number of benzene rings is 2. The number of aromatic nitrogens is 1. The zero-order valence-corrected chi connectivity index (χ0v) is 20.4. The zero-order valence-electron chi connectivity index (χ0n) is 18.8. The second-order valence-electron chi connectivity index (χ2n) is 8.01. The fourth-order valence-corrected chi connectivity index (χ4v) is 6.14. The number of carbonyl (C=O) groups is 1. The molecule has 1 fully saturated rings. The molecule has 10 heteroatoms. The van der Waals surface area contributed by atoms with Crippen molar-refractivity contribution < 1.29 is 17.9 Å². The van der Waals surface area contributed by atoms with E-state index in [1.54, 1.807) is 36.6 Å². The number of hydrogen-bond acceptors (Lipinski definition) is 8. The van der Waals surface area contributed by atoms with E-state index in [0.717, 1.165) is 47.3 Å². The largest absolute Gasteiger partial charge is 0.494 e. The van der Waals surface area contributed by atoms with Gasteiger partial charge in [-0.3, -0.25) is 9.69 Å². The van der Waals surface area contributed by atoms with Crippen molar-refractivity contribution in [2.24, 2.45) is 0 Å². The maximum atomic E-state index is 12.3. The van der Waals surface area contributed by atoms with Crippen LogP contribution >= 0.6 is 11.3 Å². The van der Waals surface area contributed by atoms with E-state index in [1.165, 1.54) is 17.7 Å². The van der Waals surface area contributed by atoms with Crippen molar-refractivity contribution in [2.75, 3.05) is 57.0 Å². The second-order valence-corrected chi connectivity index (χ2v) is 11.0. The van der Waals surface area contributed by atoms with Gasteiger partial charge in [0.25, 0.3) is 0 Å². The lowest BCUT2D eigenvalue weighted by molar-refractivity contribution is -0.118. The number of nitrogens with zero attached hydrogens (tertiary/aromatic N) is 3. The van der Waals surface area contributed by atoms with Crippen LogP contribution in [-0.4, -0.2) is 76.3 Å². The summed E-state index contributed by atoms with van der Waals surface area (Å²) in [5.41, 5.74) is 2.10. The molecular weight excluding hydrogens is 460 g/mol. The minimum Gasteiger partial charge on any atom is -0.494 e. The predicted octanol–water partition coefficient (Wildman–Crippen LogP) is 2.33. The van der Waals surface area contributed by atoms with Crippen LogP contribution in [0.2, 0.25) is 0 Å². The Hall–Kier alpha value is -2.69. The smallest absolute Gasteiger partial charge is 0.235 e. The van der Waals surface area contributed by atoms with Gasteiger partial charge < -0.3 is 15.0 Å². The number of carbonyl (C=O) groups excluding carboxylic acids is 1. The average Bonchev–Trinajstić information content (AvgIpc) is 3.27. The monoisotopic (exact) mass is 488 g/mol. The third-order valence-corrected chi connectivity index (χ3v) is 8.61. The number of piperazine rings is 1. The molecule has 176 valence electrons. The highest BCUT2D eigenvalue weighted by atomic mass is 32.2. The van der Waals surface area contributed by atoms with Gasteiger partial charge in [-0.25, -0.2) is 13.4 Å². The van der Waals surface area contributed by atoms with E-state index in [9.17, 15) is 13.2 Å². The highest BCUT2D eigenvalue weighted by Gasteiger charge is 2.22. The van der Waals surface area contributed by atoms with E-state index in [2.05, 4.69) is 28.1 Å². The van der Waals surface area contributed by atoms with Crippen LogP contribution < -0.4 is 15.0 Å². The topological polar surface area (TPSA) is 91.8 Å². The van der Waals surface area contributed by atoms with Crippen LogP contribution in [0.25, 0.3) is 10.2 Å². The Labute approximate surface area is 198 Å².